The van der Waals surface area contributed by atoms with E-state index in [9.17, 15) is 23.3 Å². The second kappa shape index (κ2) is 4.51. The van der Waals surface area contributed by atoms with Gasteiger partial charge in [0.25, 0.3) is 5.69 Å². The Hall–Kier alpha value is -1.96. The van der Waals surface area contributed by atoms with Gasteiger partial charge in [-0.2, -0.15) is 8.42 Å². The lowest BCUT2D eigenvalue weighted by Crippen LogP contribution is -2.06. The largest absolute Gasteiger partial charge is 0.360 e. The summed E-state index contributed by atoms with van der Waals surface area (Å²) in [5.41, 5.74) is -0.902. The fourth-order valence-corrected chi connectivity index (χ4v) is 1.16. The first-order valence-corrected chi connectivity index (χ1v) is 4.72. The highest BCUT2D eigenvalue weighted by Gasteiger charge is 2.20. The van der Waals surface area contributed by atoms with Crippen molar-refractivity contribution in [1.82, 2.24) is 0 Å². The average Bonchev–Trinajstić information content (AvgIpc) is 2.16. The number of hydrogen-bond donors (Lipinski definition) is 1. The molecule has 7 nitrogen and oxygen atoms in total. The minimum absolute atomic E-state index is 0.401. The van der Waals surface area contributed by atoms with Crippen LogP contribution in [0, 0.1) is 10.1 Å². The monoisotopic (exact) mass is 231 g/mol. The van der Waals surface area contributed by atoms with Gasteiger partial charge in [0.05, 0.1) is 4.92 Å². The van der Waals surface area contributed by atoms with E-state index in [1.807, 2.05) is 0 Å². The van der Waals surface area contributed by atoms with Gasteiger partial charge in [-0.05, 0) is 6.07 Å². The fraction of sp³-hybridized carbons (Fsp3) is 0. The van der Waals surface area contributed by atoms with Crippen LogP contribution in [0.2, 0.25) is 0 Å². The lowest BCUT2D eigenvalue weighted by Gasteiger charge is -1.98. The van der Waals surface area contributed by atoms with Gasteiger partial charge < -0.3 is 4.18 Å². The fourth-order valence-electron chi connectivity index (χ4n) is 0.922. The molecule has 1 aromatic rings. The van der Waals surface area contributed by atoms with Gasteiger partial charge in [-0.25, -0.2) is 4.79 Å². The topological polar surface area (TPSA) is 104 Å². The van der Waals surface area contributed by atoms with Crippen LogP contribution >= 0.6 is 0 Å². The SMILES string of the molecule is O=C(O[SH](=O)=O)c1ccccc1[N+](=O)[O-]. The van der Waals surface area contributed by atoms with Crippen molar-refractivity contribution >= 4 is 22.6 Å². The van der Waals surface area contributed by atoms with Gasteiger partial charge in [0.15, 0.2) is 0 Å². The zero-order valence-electron chi connectivity index (χ0n) is 7.15. The van der Waals surface area contributed by atoms with Crippen molar-refractivity contribution in [3.8, 4) is 0 Å². The van der Waals surface area contributed by atoms with Crippen molar-refractivity contribution < 1.29 is 22.3 Å². The Morgan fingerprint density at radius 3 is 2.47 bits per heavy atom. The third kappa shape index (κ3) is 2.74. The van der Waals surface area contributed by atoms with E-state index < -0.39 is 33.1 Å². The highest BCUT2D eigenvalue weighted by Crippen LogP contribution is 2.18. The van der Waals surface area contributed by atoms with E-state index in [0.717, 1.165) is 12.1 Å². The van der Waals surface area contributed by atoms with E-state index in [1.165, 1.54) is 12.1 Å². The van der Waals surface area contributed by atoms with Crippen LogP contribution in [0.5, 0.6) is 0 Å². The number of nitro benzene ring substituents is 1. The number of hydrogen-bond acceptors (Lipinski definition) is 6. The maximum absolute atomic E-state index is 11.1. The molecule has 1 aromatic carbocycles. The minimum atomic E-state index is -3.37. The maximum atomic E-state index is 11.1. The van der Waals surface area contributed by atoms with Crippen molar-refractivity contribution in [2.45, 2.75) is 0 Å². The quantitative estimate of drug-likeness (QED) is 0.455. The van der Waals surface area contributed by atoms with E-state index in [-0.39, 0.29) is 0 Å². The minimum Gasteiger partial charge on any atom is -0.343 e. The molecule has 0 heterocycles. The second-order valence-electron chi connectivity index (χ2n) is 2.38. The van der Waals surface area contributed by atoms with Gasteiger partial charge in [-0.1, -0.05) is 12.1 Å². The Balaban J connectivity index is 3.13. The first kappa shape index (κ1) is 11.1. The van der Waals surface area contributed by atoms with Crippen LogP contribution < -0.4 is 0 Å². The predicted molar refractivity (Wildman–Crippen MR) is 48.8 cm³/mol. The molecule has 0 amide bonds. The average molecular weight is 231 g/mol. The van der Waals surface area contributed by atoms with E-state index in [1.54, 1.807) is 0 Å². The Morgan fingerprint density at radius 1 is 1.33 bits per heavy atom. The number of para-hydroxylation sites is 1. The summed E-state index contributed by atoms with van der Waals surface area (Å²) in [7, 11) is -3.37. The van der Waals surface area contributed by atoms with Gasteiger partial charge in [-0.3, -0.25) is 10.1 Å². The lowest BCUT2D eigenvalue weighted by molar-refractivity contribution is -0.385. The molecule has 0 aliphatic heterocycles. The summed E-state index contributed by atoms with van der Waals surface area (Å²) in [6, 6.07) is 4.90. The molecular weight excluding hydrogens is 226 g/mol. The maximum Gasteiger partial charge on any atom is 0.360 e. The van der Waals surface area contributed by atoms with E-state index in [2.05, 4.69) is 4.18 Å². The van der Waals surface area contributed by atoms with Crippen LogP contribution in [-0.4, -0.2) is 19.3 Å². The molecule has 0 atom stereocenters. The molecule has 1 rings (SSSR count). The first-order chi connectivity index (χ1) is 7.02. The molecule has 80 valence electrons. The smallest absolute Gasteiger partial charge is 0.343 e. The van der Waals surface area contributed by atoms with Crippen LogP contribution in [-0.2, 0) is 15.2 Å². The molecule has 8 heteroatoms. The summed E-state index contributed by atoms with van der Waals surface area (Å²) in [6.45, 7) is 0. The number of thiol groups is 1. The van der Waals surface area contributed by atoms with Crippen LogP contribution in [0.25, 0.3) is 0 Å². The summed E-state index contributed by atoms with van der Waals surface area (Å²) in [5, 5.41) is 10.5. The molecule has 15 heavy (non-hydrogen) atoms. The Bertz CT molecular complexity index is 472. The molecule has 0 unspecified atom stereocenters. The normalized spacial score (nSPS) is 9.93. The van der Waals surface area contributed by atoms with Crippen LogP contribution in [0.1, 0.15) is 10.4 Å². The van der Waals surface area contributed by atoms with E-state index >= 15 is 0 Å². The summed E-state index contributed by atoms with van der Waals surface area (Å²) in [4.78, 5) is 20.7. The van der Waals surface area contributed by atoms with Crippen LogP contribution in [0.15, 0.2) is 24.3 Å². The Kier molecular flexibility index (Phi) is 3.34. The summed E-state index contributed by atoms with van der Waals surface area (Å²) in [6.07, 6.45) is 0. The molecule has 0 fully saturated rings. The first-order valence-electron chi connectivity index (χ1n) is 3.62. The number of nitro groups is 1. The lowest BCUT2D eigenvalue weighted by atomic mass is 10.2. The van der Waals surface area contributed by atoms with Gasteiger partial charge in [0.2, 0.25) is 0 Å². The molecular formula is C7H5NO6S. The summed E-state index contributed by atoms with van der Waals surface area (Å²) < 4.78 is 24.0. The van der Waals surface area contributed by atoms with Crippen LogP contribution in [0.3, 0.4) is 0 Å². The zero-order valence-corrected chi connectivity index (χ0v) is 8.05. The van der Waals surface area contributed by atoms with Crippen molar-refractivity contribution in [3.05, 3.63) is 39.9 Å². The number of nitrogens with zero attached hydrogens (tertiary/aromatic N) is 1. The van der Waals surface area contributed by atoms with Crippen molar-refractivity contribution in [2.75, 3.05) is 0 Å². The van der Waals surface area contributed by atoms with Crippen molar-refractivity contribution in [1.29, 1.82) is 0 Å². The molecule has 0 aliphatic rings. The van der Waals surface area contributed by atoms with Gasteiger partial charge >= 0.3 is 17.0 Å². The van der Waals surface area contributed by atoms with E-state index in [4.69, 9.17) is 0 Å². The number of benzene rings is 1. The molecule has 0 aromatic heterocycles. The van der Waals surface area contributed by atoms with Crippen molar-refractivity contribution in [2.24, 2.45) is 0 Å². The zero-order chi connectivity index (χ0) is 11.4. The molecule has 0 saturated heterocycles. The standard InChI is InChI=1S/C7H5NO6S/c9-7(14-15(12)13)5-3-1-2-4-6(5)8(10)11/h1-4,15H. The highest BCUT2D eigenvalue weighted by molar-refractivity contribution is 7.67. The predicted octanol–water partition coefficient (Wildman–Crippen LogP) is 0.278. The van der Waals surface area contributed by atoms with Crippen molar-refractivity contribution in [3.63, 3.8) is 0 Å². The molecule has 0 bridgehead atoms. The van der Waals surface area contributed by atoms with Crippen LogP contribution in [0.4, 0.5) is 5.69 Å². The molecule has 0 aliphatic carbocycles. The van der Waals surface area contributed by atoms with Gasteiger partial charge in [-0.15, -0.1) is 0 Å². The van der Waals surface area contributed by atoms with E-state index in [0.29, 0.717) is 0 Å². The Morgan fingerprint density at radius 2 is 1.93 bits per heavy atom. The molecule has 0 N–H and O–H groups in total. The number of rotatable bonds is 3. The van der Waals surface area contributed by atoms with Gasteiger partial charge in [0.1, 0.15) is 5.56 Å². The van der Waals surface area contributed by atoms with Gasteiger partial charge in [0, 0.05) is 6.07 Å². The highest BCUT2D eigenvalue weighted by atomic mass is 32.2. The number of carbonyl (C=O) groups excluding carboxylic acids is 1. The molecule has 0 radical (unpaired) electrons. The third-order valence-electron chi connectivity index (χ3n) is 1.48. The third-order valence-corrected chi connectivity index (χ3v) is 1.79. The summed E-state index contributed by atoms with van der Waals surface area (Å²) in [5.74, 6) is -1.27. The Labute approximate surface area is 85.6 Å². The molecule has 0 spiro atoms. The summed E-state index contributed by atoms with van der Waals surface area (Å²) >= 11 is 0. The second-order valence-corrected chi connectivity index (χ2v) is 3.01. The molecule has 0 saturated carbocycles. The number of carbonyl (C=O) groups is 1.